The highest BCUT2D eigenvalue weighted by Crippen LogP contribution is 2.23. The molecule has 0 bridgehead atoms. The van der Waals surface area contributed by atoms with Gasteiger partial charge in [-0.05, 0) is 39.0 Å². The van der Waals surface area contributed by atoms with Crippen molar-refractivity contribution in [1.29, 1.82) is 0 Å². The second-order valence-electron chi connectivity index (χ2n) is 8.38. The van der Waals surface area contributed by atoms with Crippen molar-refractivity contribution >= 4 is 11.7 Å². The van der Waals surface area contributed by atoms with E-state index in [1.165, 1.54) is 76.5 Å². The number of amides is 1. The van der Waals surface area contributed by atoms with Crippen LogP contribution in [0.5, 0.6) is 0 Å². The highest BCUT2D eigenvalue weighted by molar-refractivity contribution is 5.78. The summed E-state index contributed by atoms with van der Waals surface area (Å²) in [7, 11) is 0. The fourth-order valence-corrected chi connectivity index (χ4v) is 4.38. The lowest BCUT2D eigenvalue weighted by molar-refractivity contribution is -0.861. The molecule has 1 aliphatic heterocycles. The van der Waals surface area contributed by atoms with Crippen LogP contribution >= 0.6 is 0 Å². The first kappa shape index (κ1) is 24.9. The van der Waals surface area contributed by atoms with E-state index in [-0.39, 0.29) is 12.1 Å². The Bertz CT molecular complexity index is 486. The summed E-state index contributed by atoms with van der Waals surface area (Å²) >= 11 is 0. The zero-order valence-corrected chi connectivity index (χ0v) is 19.1. The average molecular weight is 393 g/mol. The molecule has 0 aromatic rings. The van der Waals surface area contributed by atoms with Gasteiger partial charge in [0, 0.05) is 20.3 Å². The normalized spacial score (nSPS) is 20.5. The number of rotatable bonds is 16. The minimum atomic E-state index is 0.0517. The number of unbranched alkanes of at least 4 members (excludes halogenated alkanes) is 9. The lowest BCUT2D eigenvalue weighted by atomic mass is 10.1. The Morgan fingerprint density at radius 3 is 2.25 bits per heavy atom. The molecule has 4 nitrogen and oxygen atoms in total. The van der Waals surface area contributed by atoms with Crippen molar-refractivity contribution in [1.82, 2.24) is 5.32 Å². The van der Waals surface area contributed by atoms with E-state index in [9.17, 15) is 4.79 Å². The van der Waals surface area contributed by atoms with Gasteiger partial charge < -0.3 is 5.32 Å². The number of amidine groups is 1. The highest BCUT2D eigenvalue weighted by atomic mass is 16.1. The molecule has 1 heterocycles. The molecule has 0 fully saturated rings. The molecule has 0 aromatic carbocycles. The van der Waals surface area contributed by atoms with Gasteiger partial charge in [-0.25, -0.2) is 4.99 Å². The van der Waals surface area contributed by atoms with E-state index in [1.54, 1.807) is 6.92 Å². The van der Waals surface area contributed by atoms with Crippen molar-refractivity contribution in [2.75, 3.05) is 19.6 Å². The largest absolute Gasteiger partial charge is 0.307 e. The molecular formula is C24H46N3O+. The van der Waals surface area contributed by atoms with E-state index < -0.39 is 0 Å². The number of carbonyl (C=O) groups is 1. The topological polar surface area (TPSA) is 41.5 Å². The van der Waals surface area contributed by atoms with Gasteiger partial charge in [-0.2, -0.15) is 0 Å². The predicted molar refractivity (Wildman–Crippen MR) is 121 cm³/mol. The quantitative estimate of drug-likeness (QED) is 0.196. The standard InChI is InChI=1S/C24H45N3O/c1-5-7-8-9-10-11-12-13-14-15-16-17-18-19-24-25-20-21-27(24,6-2)22(3)26-23(4)28/h14-15,22H,5-13,16-21H2,1-4H3/p+1/b15-14+. The maximum Gasteiger partial charge on any atom is 0.221 e. The summed E-state index contributed by atoms with van der Waals surface area (Å²) in [5, 5.41) is 3.10. The molecule has 0 saturated carbocycles. The van der Waals surface area contributed by atoms with Gasteiger partial charge in [0.2, 0.25) is 5.91 Å². The van der Waals surface area contributed by atoms with Gasteiger partial charge >= 0.3 is 0 Å². The molecule has 0 aromatic heterocycles. The molecule has 1 amide bonds. The van der Waals surface area contributed by atoms with Crippen LogP contribution in [-0.2, 0) is 4.79 Å². The predicted octanol–water partition coefficient (Wildman–Crippen LogP) is 5.97. The molecule has 0 spiro atoms. The first-order valence-electron chi connectivity index (χ1n) is 11.9. The monoisotopic (exact) mass is 392 g/mol. The number of carbonyl (C=O) groups excluding carboxylic acids is 1. The summed E-state index contributed by atoms with van der Waals surface area (Å²) in [5.41, 5.74) is 0. The van der Waals surface area contributed by atoms with Crippen LogP contribution in [-0.4, -0.2) is 42.0 Å². The number of hydrogen-bond acceptors (Lipinski definition) is 2. The van der Waals surface area contributed by atoms with E-state index in [4.69, 9.17) is 4.99 Å². The van der Waals surface area contributed by atoms with Crippen molar-refractivity contribution < 1.29 is 9.28 Å². The van der Waals surface area contributed by atoms with Crippen LogP contribution in [0.4, 0.5) is 0 Å². The summed E-state index contributed by atoms with van der Waals surface area (Å²) in [5.74, 6) is 1.34. The first-order valence-corrected chi connectivity index (χ1v) is 11.9. The van der Waals surface area contributed by atoms with Gasteiger partial charge in [0.05, 0.1) is 13.1 Å². The number of likely N-dealkylation sites (N-methyl/N-ethyl adjacent to an activating group) is 1. The Morgan fingerprint density at radius 1 is 1.04 bits per heavy atom. The fraction of sp³-hybridized carbons (Fsp3) is 0.833. The van der Waals surface area contributed by atoms with Gasteiger partial charge in [-0.1, -0.05) is 57.6 Å². The molecule has 1 aliphatic rings. The molecule has 28 heavy (non-hydrogen) atoms. The molecule has 1 rings (SSSR count). The number of nitrogens with zero attached hydrogens (tertiary/aromatic N) is 2. The molecule has 0 saturated heterocycles. The summed E-state index contributed by atoms with van der Waals surface area (Å²) < 4.78 is 0.841. The van der Waals surface area contributed by atoms with Crippen molar-refractivity contribution in [2.45, 2.75) is 111 Å². The summed E-state index contributed by atoms with van der Waals surface area (Å²) in [6.07, 6.45) is 20.5. The number of nitrogens with one attached hydrogen (secondary N) is 1. The zero-order valence-electron chi connectivity index (χ0n) is 19.1. The van der Waals surface area contributed by atoms with Crippen LogP contribution in [0, 0.1) is 0 Å². The number of hydrogen-bond donors (Lipinski definition) is 1. The number of allylic oxidation sites excluding steroid dienone is 2. The van der Waals surface area contributed by atoms with Gasteiger partial charge in [0.15, 0.2) is 12.0 Å². The lowest BCUT2D eigenvalue weighted by Gasteiger charge is -2.39. The molecule has 2 unspecified atom stereocenters. The highest BCUT2D eigenvalue weighted by Gasteiger charge is 2.41. The van der Waals surface area contributed by atoms with Crippen LogP contribution in [0.1, 0.15) is 105 Å². The van der Waals surface area contributed by atoms with Crippen molar-refractivity contribution in [3.63, 3.8) is 0 Å². The molecule has 162 valence electrons. The fourth-order valence-electron chi connectivity index (χ4n) is 4.38. The summed E-state index contributed by atoms with van der Waals surface area (Å²) in [6.45, 7) is 11.1. The van der Waals surface area contributed by atoms with Crippen LogP contribution in [0.3, 0.4) is 0 Å². The first-order chi connectivity index (χ1) is 13.6. The number of aliphatic imine (C=N–C) groups is 1. The van der Waals surface area contributed by atoms with Crippen molar-refractivity contribution in [2.24, 2.45) is 4.99 Å². The number of quaternary nitrogens is 1. The molecule has 0 radical (unpaired) electrons. The Hall–Kier alpha value is -1.16. The van der Waals surface area contributed by atoms with Gasteiger partial charge in [0.1, 0.15) is 6.54 Å². The lowest BCUT2D eigenvalue weighted by Crippen LogP contribution is -2.62. The Labute approximate surface area is 174 Å². The minimum absolute atomic E-state index is 0.0517. The van der Waals surface area contributed by atoms with Crippen LogP contribution < -0.4 is 5.32 Å². The molecule has 2 atom stereocenters. The van der Waals surface area contributed by atoms with E-state index >= 15 is 0 Å². The third-order valence-electron chi connectivity index (χ3n) is 6.19. The van der Waals surface area contributed by atoms with E-state index in [1.807, 2.05) is 0 Å². The molecule has 1 N–H and O–H groups in total. The maximum atomic E-state index is 11.5. The Morgan fingerprint density at radius 2 is 1.64 bits per heavy atom. The average Bonchev–Trinajstić information content (AvgIpc) is 3.09. The van der Waals surface area contributed by atoms with Gasteiger partial charge in [0.25, 0.3) is 0 Å². The van der Waals surface area contributed by atoms with Crippen LogP contribution in [0.15, 0.2) is 17.1 Å². The summed E-state index contributed by atoms with van der Waals surface area (Å²) in [4.78, 5) is 16.3. The second-order valence-corrected chi connectivity index (χ2v) is 8.38. The van der Waals surface area contributed by atoms with E-state index in [2.05, 4.69) is 38.2 Å². The Balaban J connectivity index is 2.17. The third-order valence-corrected chi connectivity index (χ3v) is 6.19. The molecule has 0 aliphatic carbocycles. The Kier molecular flexibility index (Phi) is 13.1. The van der Waals surface area contributed by atoms with Crippen LogP contribution in [0.25, 0.3) is 0 Å². The van der Waals surface area contributed by atoms with Crippen LogP contribution in [0.2, 0.25) is 0 Å². The maximum absolute atomic E-state index is 11.5. The summed E-state index contributed by atoms with van der Waals surface area (Å²) in [6, 6.07) is 0. The smallest absolute Gasteiger partial charge is 0.221 e. The van der Waals surface area contributed by atoms with Crippen molar-refractivity contribution in [3.8, 4) is 0 Å². The van der Waals surface area contributed by atoms with Crippen molar-refractivity contribution in [3.05, 3.63) is 12.2 Å². The van der Waals surface area contributed by atoms with Gasteiger partial charge in [-0.15, -0.1) is 0 Å². The van der Waals surface area contributed by atoms with Gasteiger partial charge in [-0.3, -0.25) is 9.28 Å². The SMILES string of the molecule is CCCCCCCCC/C=C/CCCCC1=NCC[N+]1(CC)C(C)NC(C)=O. The second kappa shape index (κ2) is 14.8. The minimum Gasteiger partial charge on any atom is -0.307 e. The zero-order chi connectivity index (χ0) is 20.7. The van der Waals surface area contributed by atoms with E-state index in [0.717, 1.165) is 30.5 Å². The molecule has 4 heteroatoms. The van der Waals surface area contributed by atoms with E-state index in [0.29, 0.717) is 0 Å². The third kappa shape index (κ3) is 8.89. The molecular weight excluding hydrogens is 346 g/mol.